The van der Waals surface area contributed by atoms with Crippen molar-refractivity contribution in [2.75, 3.05) is 0 Å². The quantitative estimate of drug-likeness (QED) is 0.208. The van der Waals surface area contributed by atoms with Crippen LogP contribution in [0.1, 0.15) is 32.9 Å². The topological polar surface area (TPSA) is 98.7 Å². The van der Waals surface area contributed by atoms with Gasteiger partial charge in [-0.15, -0.1) is 0 Å². The molecule has 0 aliphatic heterocycles. The van der Waals surface area contributed by atoms with Crippen molar-refractivity contribution in [3.8, 4) is 22.8 Å². The average Bonchev–Trinajstić information content (AvgIpc) is 3.32. The lowest BCUT2D eigenvalue weighted by Crippen LogP contribution is -2.20. The maximum Gasteiger partial charge on any atom is 0.335 e. The summed E-state index contributed by atoms with van der Waals surface area (Å²) in [6.07, 6.45) is 1.70. The molecule has 0 saturated heterocycles. The molecule has 4 aromatic carbocycles. The van der Waals surface area contributed by atoms with Gasteiger partial charge in [-0.05, 0) is 74.0 Å². The van der Waals surface area contributed by atoms with Gasteiger partial charge in [0.1, 0.15) is 12.4 Å². The molecule has 0 radical (unpaired) electrons. The highest BCUT2D eigenvalue weighted by Crippen LogP contribution is 2.24. The molecule has 1 N–H and O–H groups in total. The Morgan fingerprint density at radius 1 is 0.907 bits per heavy atom. The molecule has 2 heterocycles. The predicted octanol–water partition coefficient (Wildman–Crippen LogP) is 6.63. The molecule has 0 bridgehead atoms. The molecular formula is C35H28N4O4. The van der Waals surface area contributed by atoms with E-state index in [0.717, 1.165) is 33.8 Å². The van der Waals surface area contributed by atoms with Crippen LogP contribution in [0, 0.1) is 13.8 Å². The average molecular weight is 569 g/mol. The summed E-state index contributed by atoms with van der Waals surface area (Å²) in [5.41, 5.74) is 6.13. The summed E-state index contributed by atoms with van der Waals surface area (Å²) in [5.74, 6) is 0.222. The number of hydrogen-bond donors (Lipinski definition) is 1. The van der Waals surface area contributed by atoms with E-state index in [4.69, 9.17) is 14.8 Å². The number of aromatic carboxylic acids is 1. The predicted molar refractivity (Wildman–Crippen MR) is 167 cm³/mol. The highest BCUT2D eigenvalue weighted by molar-refractivity contribution is 5.87. The number of ether oxygens (including phenoxy) is 1. The van der Waals surface area contributed by atoms with Gasteiger partial charge in [0, 0.05) is 28.2 Å². The van der Waals surface area contributed by atoms with Crippen LogP contribution in [0.25, 0.3) is 28.0 Å². The SMILES string of the molecule is Cc1cc(C=Nn2c(-c3ccccc3)nc3ccccc3c2=O)c(C)n1-c1ccc(OCc2ccc(C(=O)O)cc2)cc1. The second kappa shape index (κ2) is 11.6. The second-order valence-electron chi connectivity index (χ2n) is 10.1. The van der Waals surface area contributed by atoms with Crippen molar-refractivity contribution in [1.82, 2.24) is 14.2 Å². The standard InChI is InChI=1S/C35H28N4O4/c1-23-20-28(21-36-39-33(26-8-4-3-5-9-26)37-32-11-7-6-10-31(32)34(39)40)24(2)38(23)29-16-18-30(19-17-29)43-22-25-12-14-27(15-13-25)35(41)42/h3-21H,22H2,1-2H3,(H,41,42). The first-order valence-electron chi connectivity index (χ1n) is 13.7. The van der Waals surface area contributed by atoms with Crippen molar-refractivity contribution < 1.29 is 14.6 Å². The number of rotatable bonds is 8. The Bertz CT molecular complexity index is 2020. The molecule has 8 nitrogen and oxygen atoms in total. The van der Waals surface area contributed by atoms with Crippen LogP contribution in [0.15, 0.2) is 119 Å². The zero-order valence-corrected chi connectivity index (χ0v) is 23.6. The number of carboxylic acids is 1. The fourth-order valence-electron chi connectivity index (χ4n) is 5.04. The van der Waals surface area contributed by atoms with Crippen molar-refractivity contribution in [3.63, 3.8) is 0 Å². The van der Waals surface area contributed by atoms with Crippen molar-refractivity contribution in [1.29, 1.82) is 0 Å². The van der Waals surface area contributed by atoms with Crippen LogP contribution in [-0.4, -0.2) is 31.5 Å². The lowest BCUT2D eigenvalue weighted by molar-refractivity contribution is 0.0697. The van der Waals surface area contributed by atoms with Crippen LogP contribution in [0.3, 0.4) is 0 Å². The van der Waals surface area contributed by atoms with Gasteiger partial charge in [-0.25, -0.2) is 9.78 Å². The number of hydrogen-bond acceptors (Lipinski definition) is 5. The van der Waals surface area contributed by atoms with Gasteiger partial charge in [-0.1, -0.05) is 54.6 Å². The van der Waals surface area contributed by atoms with Gasteiger partial charge in [-0.3, -0.25) is 4.79 Å². The van der Waals surface area contributed by atoms with E-state index in [0.29, 0.717) is 29.1 Å². The molecule has 0 unspecified atom stereocenters. The lowest BCUT2D eigenvalue weighted by Gasteiger charge is -2.12. The number of fused-ring (bicyclic) bond motifs is 1. The van der Waals surface area contributed by atoms with Gasteiger partial charge in [0.05, 0.1) is 22.7 Å². The van der Waals surface area contributed by atoms with E-state index in [9.17, 15) is 9.59 Å². The maximum atomic E-state index is 13.5. The van der Waals surface area contributed by atoms with E-state index in [2.05, 4.69) is 9.67 Å². The number of benzene rings is 4. The summed E-state index contributed by atoms with van der Waals surface area (Å²) in [4.78, 5) is 29.3. The molecule has 0 aliphatic carbocycles. The monoisotopic (exact) mass is 568 g/mol. The van der Waals surface area contributed by atoms with Gasteiger partial charge >= 0.3 is 5.97 Å². The zero-order valence-electron chi connectivity index (χ0n) is 23.6. The molecule has 6 rings (SSSR count). The van der Waals surface area contributed by atoms with E-state index in [-0.39, 0.29) is 11.1 Å². The van der Waals surface area contributed by atoms with Gasteiger partial charge in [0.2, 0.25) is 0 Å². The second-order valence-corrected chi connectivity index (χ2v) is 10.1. The summed E-state index contributed by atoms with van der Waals surface area (Å²) in [6.45, 7) is 4.36. The first-order valence-corrected chi connectivity index (χ1v) is 13.7. The lowest BCUT2D eigenvalue weighted by atomic mass is 10.1. The summed E-state index contributed by atoms with van der Waals surface area (Å²) in [7, 11) is 0. The third-order valence-corrected chi connectivity index (χ3v) is 7.27. The number of para-hydroxylation sites is 1. The molecule has 2 aromatic heterocycles. The van der Waals surface area contributed by atoms with Crippen LogP contribution in [0.5, 0.6) is 5.75 Å². The molecule has 0 amide bonds. The van der Waals surface area contributed by atoms with Gasteiger partial charge in [-0.2, -0.15) is 9.78 Å². The first kappa shape index (κ1) is 27.4. The van der Waals surface area contributed by atoms with Crippen LogP contribution < -0.4 is 10.3 Å². The fourth-order valence-corrected chi connectivity index (χ4v) is 5.04. The highest BCUT2D eigenvalue weighted by atomic mass is 16.5. The number of nitrogens with zero attached hydrogens (tertiary/aromatic N) is 4. The van der Waals surface area contributed by atoms with E-state index in [1.807, 2.05) is 92.7 Å². The van der Waals surface area contributed by atoms with Crippen LogP contribution in [0.4, 0.5) is 0 Å². The number of aromatic nitrogens is 3. The van der Waals surface area contributed by atoms with Crippen molar-refractivity contribution in [3.05, 3.63) is 148 Å². The molecule has 6 aromatic rings. The molecule has 0 atom stereocenters. The minimum Gasteiger partial charge on any atom is -0.489 e. The Kier molecular flexibility index (Phi) is 7.41. The smallest absolute Gasteiger partial charge is 0.335 e. The molecule has 43 heavy (non-hydrogen) atoms. The van der Waals surface area contributed by atoms with Crippen molar-refractivity contribution in [2.24, 2.45) is 5.10 Å². The summed E-state index contributed by atoms with van der Waals surface area (Å²) in [5, 5.41) is 14.2. The summed E-state index contributed by atoms with van der Waals surface area (Å²) in [6, 6.07) is 33.3. The number of carboxylic acid groups (broad SMARTS) is 1. The van der Waals surface area contributed by atoms with Crippen molar-refractivity contribution in [2.45, 2.75) is 20.5 Å². The molecule has 0 saturated carbocycles. The molecule has 0 spiro atoms. The maximum absolute atomic E-state index is 13.5. The summed E-state index contributed by atoms with van der Waals surface area (Å²) < 4.78 is 9.40. The Morgan fingerprint density at radius 2 is 1.60 bits per heavy atom. The van der Waals surface area contributed by atoms with E-state index in [1.165, 1.54) is 4.68 Å². The largest absolute Gasteiger partial charge is 0.489 e. The van der Waals surface area contributed by atoms with Gasteiger partial charge in [0.15, 0.2) is 5.82 Å². The van der Waals surface area contributed by atoms with E-state index >= 15 is 0 Å². The van der Waals surface area contributed by atoms with Crippen LogP contribution in [-0.2, 0) is 6.61 Å². The minimum absolute atomic E-state index is 0.233. The molecule has 0 fully saturated rings. The minimum atomic E-state index is -0.954. The Balaban J connectivity index is 1.27. The van der Waals surface area contributed by atoms with Gasteiger partial charge in [0.25, 0.3) is 5.56 Å². The fraction of sp³-hybridized carbons (Fsp3) is 0.0857. The molecular weight excluding hydrogens is 540 g/mol. The number of carbonyl (C=O) groups is 1. The van der Waals surface area contributed by atoms with E-state index in [1.54, 1.807) is 36.5 Å². The Morgan fingerprint density at radius 3 is 2.33 bits per heavy atom. The Hall–Kier alpha value is -5.76. The van der Waals surface area contributed by atoms with E-state index < -0.39 is 5.97 Å². The van der Waals surface area contributed by atoms with Crippen LogP contribution >= 0.6 is 0 Å². The molecule has 8 heteroatoms. The Labute approximate surface area is 247 Å². The van der Waals surface area contributed by atoms with Crippen molar-refractivity contribution >= 4 is 23.1 Å². The summed E-state index contributed by atoms with van der Waals surface area (Å²) >= 11 is 0. The zero-order chi connectivity index (χ0) is 29.9. The third kappa shape index (κ3) is 5.58. The molecule has 0 aliphatic rings. The van der Waals surface area contributed by atoms with Gasteiger partial charge < -0.3 is 14.4 Å². The highest BCUT2D eigenvalue weighted by Gasteiger charge is 2.14. The number of aryl methyl sites for hydroxylation is 1. The third-order valence-electron chi connectivity index (χ3n) is 7.27. The normalized spacial score (nSPS) is 11.3. The van der Waals surface area contributed by atoms with Crippen LogP contribution in [0.2, 0.25) is 0 Å². The first-order chi connectivity index (χ1) is 20.9. The molecule has 212 valence electrons.